The van der Waals surface area contributed by atoms with Crippen LogP contribution in [-0.4, -0.2) is 24.7 Å². The number of hydrogen-bond donors (Lipinski definition) is 2. The molecule has 5 heteroatoms. The van der Waals surface area contributed by atoms with Crippen molar-refractivity contribution in [1.29, 1.82) is 0 Å². The highest BCUT2D eigenvalue weighted by Gasteiger charge is 2.40. The van der Waals surface area contributed by atoms with Gasteiger partial charge in [-0.15, -0.1) is 0 Å². The summed E-state index contributed by atoms with van der Waals surface area (Å²) in [5.74, 6) is 0.613. The van der Waals surface area contributed by atoms with Gasteiger partial charge in [0.05, 0.1) is 0 Å². The number of hydrogen-bond acceptors (Lipinski definition) is 4. The normalized spacial score (nSPS) is 22.6. The quantitative estimate of drug-likeness (QED) is 0.836. The molecule has 0 aliphatic carbocycles. The molecule has 1 amide bonds. The van der Waals surface area contributed by atoms with E-state index in [9.17, 15) is 4.79 Å². The van der Waals surface area contributed by atoms with Gasteiger partial charge >= 0.3 is 6.09 Å². The second-order valence-corrected chi connectivity index (χ2v) is 4.12. The molecule has 0 radical (unpaired) electrons. The van der Waals surface area contributed by atoms with Gasteiger partial charge in [0.25, 0.3) is 0 Å². The van der Waals surface area contributed by atoms with Crippen LogP contribution in [0.2, 0.25) is 0 Å². The zero-order chi connectivity index (χ0) is 12.3. The fourth-order valence-corrected chi connectivity index (χ4v) is 2.18. The maximum atomic E-state index is 11.6. The fraction of sp³-hybridized carbons (Fsp3) is 0.500. The Hall–Kier alpha value is -1.62. The maximum Gasteiger partial charge on any atom is 0.413 e. The number of nitrogens with zero attached hydrogens (tertiary/aromatic N) is 1. The molecule has 2 N–H and O–H groups in total. The smallest absolute Gasteiger partial charge is 0.413 e. The monoisotopic (exact) mass is 235 g/mol. The van der Waals surface area contributed by atoms with E-state index in [1.165, 1.54) is 0 Å². The van der Waals surface area contributed by atoms with Crippen LogP contribution in [0.1, 0.15) is 25.3 Å². The summed E-state index contributed by atoms with van der Waals surface area (Å²) in [5, 5.41) is 5.72. The van der Waals surface area contributed by atoms with E-state index in [-0.39, 0.29) is 0 Å². The summed E-state index contributed by atoms with van der Waals surface area (Å²) in [6, 6.07) is 3.82. The molecule has 0 fully saturated rings. The van der Waals surface area contributed by atoms with Gasteiger partial charge < -0.3 is 10.1 Å². The van der Waals surface area contributed by atoms with Crippen LogP contribution >= 0.6 is 0 Å². The molecule has 1 aromatic heterocycles. The molecular weight excluding hydrogens is 218 g/mol. The van der Waals surface area contributed by atoms with Gasteiger partial charge in [0, 0.05) is 18.2 Å². The molecule has 0 bridgehead atoms. The van der Waals surface area contributed by atoms with Gasteiger partial charge in [0.15, 0.2) is 0 Å². The summed E-state index contributed by atoms with van der Waals surface area (Å²) in [5.41, 5.74) is 0.395. The van der Waals surface area contributed by atoms with Crippen LogP contribution < -0.4 is 10.6 Å². The van der Waals surface area contributed by atoms with Gasteiger partial charge in [-0.1, -0.05) is 6.92 Å². The summed E-state index contributed by atoms with van der Waals surface area (Å²) in [6.07, 6.45) is 2.73. The van der Waals surface area contributed by atoms with Crippen molar-refractivity contribution in [2.24, 2.45) is 0 Å². The third kappa shape index (κ3) is 2.10. The molecule has 2 heterocycles. The minimum absolute atomic E-state index is 0.422. The Labute approximate surface area is 101 Å². The third-order valence-electron chi connectivity index (χ3n) is 3.16. The van der Waals surface area contributed by atoms with E-state index in [0.717, 1.165) is 24.9 Å². The van der Waals surface area contributed by atoms with Crippen LogP contribution in [0.5, 0.6) is 0 Å². The van der Waals surface area contributed by atoms with Crippen molar-refractivity contribution < 1.29 is 9.53 Å². The molecule has 92 valence electrons. The van der Waals surface area contributed by atoms with Gasteiger partial charge in [-0.25, -0.2) is 9.78 Å². The Bertz CT molecular complexity index is 422. The second kappa shape index (κ2) is 4.71. The molecule has 5 nitrogen and oxygen atoms in total. The van der Waals surface area contributed by atoms with E-state index in [4.69, 9.17) is 4.74 Å². The highest BCUT2D eigenvalue weighted by molar-refractivity contribution is 5.87. The van der Waals surface area contributed by atoms with Crippen molar-refractivity contribution in [1.82, 2.24) is 10.3 Å². The largest absolute Gasteiger partial charge is 0.438 e. The molecule has 0 spiro atoms. The first kappa shape index (κ1) is 11.9. The molecule has 0 aromatic carbocycles. The number of nitrogens with one attached hydrogen (secondary N) is 2. The number of anilines is 1. The standard InChI is InChI=1S/C12H17N3O2/c1-3-12(6-8-13-2)9-5-4-7-14-10(9)15-11(16)17-12/h4-5,7,13H,3,6,8H2,1-2H3,(H,14,15,16). The number of carbonyl (C=O) groups is 1. The predicted molar refractivity (Wildman–Crippen MR) is 64.9 cm³/mol. The summed E-state index contributed by atoms with van der Waals surface area (Å²) in [4.78, 5) is 15.8. The van der Waals surface area contributed by atoms with E-state index in [1.54, 1.807) is 6.20 Å². The Balaban J connectivity index is 2.41. The van der Waals surface area contributed by atoms with E-state index in [0.29, 0.717) is 5.82 Å². The van der Waals surface area contributed by atoms with Gasteiger partial charge in [-0.2, -0.15) is 0 Å². The Morgan fingerprint density at radius 2 is 2.41 bits per heavy atom. The molecule has 1 aliphatic rings. The van der Waals surface area contributed by atoms with Crippen LogP contribution in [0.25, 0.3) is 0 Å². The number of rotatable bonds is 4. The number of carbonyl (C=O) groups excluding carboxylic acids is 1. The number of cyclic esters (lactones) is 1. The van der Waals surface area contributed by atoms with Crippen LogP contribution in [0, 0.1) is 0 Å². The minimum atomic E-state index is -0.561. The molecule has 1 aromatic rings. The first-order chi connectivity index (χ1) is 8.22. The molecular formula is C12H17N3O2. The van der Waals surface area contributed by atoms with Crippen molar-refractivity contribution in [2.45, 2.75) is 25.4 Å². The van der Waals surface area contributed by atoms with Crippen molar-refractivity contribution in [2.75, 3.05) is 18.9 Å². The topological polar surface area (TPSA) is 63.2 Å². The van der Waals surface area contributed by atoms with Crippen molar-refractivity contribution >= 4 is 11.9 Å². The van der Waals surface area contributed by atoms with Gasteiger partial charge in [-0.05, 0) is 32.1 Å². The van der Waals surface area contributed by atoms with E-state index in [1.807, 2.05) is 26.1 Å². The number of fused-ring (bicyclic) bond motifs is 1. The number of pyridine rings is 1. The van der Waals surface area contributed by atoms with Crippen LogP contribution in [-0.2, 0) is 10.3 Å². The zero-order valence-electron chi connectivity index (χ0n) is 10.1. The Morgan fingerprint density at radius 1 is 1.59 bits per heavy atom. The Morgan fingerprint density at radius 3 is 3.12 bits per heavy atom. The van der Waals surface area contributed by atoms with Crippen molar-refractivity contribution in [3.8, 4) is 0 Å². The molecule has 2 rings (SSSR count). The first-order valence-electron chi connectivity index (χ1n) is 5.82. The lowest BCUT2D eigenvalue weighted by atomic mass is 9.87. The molecule has 0 saturated heterocycles. The second-order valence-electron chi connectivity index (χ2n) is 4.12. The minimum Gasteiger partial charge on any atom is -0.438 e. The number of amides is 1. The maximum absolute atomic E-state index is 11.6. The Kier molecular flexibility index (Phi) is 3.28. The van der Waals surface area contributed by atoms with Crippen molar-refractivity contribution in [3.63, 3.8) is 0 Å². The van der Waals surface area contributed by atoms with Crippen LogP contribution in [0.15, 0.2) is 18.3 Å². The van der Waals surface area contributed by atoms with Crippen LogP contribution in [0.3, 0.4) is 0 Å². The number of aromatic nitrogens is 1. The van der Waals surface area contributed by atoms with Gasteiger partial charge in [0.2, 0.25) is 0 Å². The molecule has 1 aliphatic heterocycles. The highest BCUT2D eigenvalue weighted by Crippen LogP contribution is 2.39. The average Bonchev–Trinajstić information content (AvgIpc) is 2.35. The van der Waals surface area contributed by atoms with E-state index < -0.39 is 11.7 Å². The van der Waals surface area contributed by atoms with E-state index in [2.05, 4.69) is 15.6 Å². The predicted octanol–water partition coefficient (Wildman–Crippen LogP) is 1.86. The lowest BCUT2D eigenvalue weighted by Gasteiger charge is -2.37. The summed E-state index contributed by atoms with van der Waals surface area (Å²) < 4.78 is 5.52. The summed E-state index contributed by atoms with van der Waals surface area (Å²) in [7, 11) is 1.89. The molecule has 17 heavy (non-hydrogen) atoms. The average molecular weight is 235 g/mol. The van der Waals surface area contributed by atoms with Gasteiger partial charge in [-0.3, -0.25) is 5.32 Å². The van der Waals surface area contributed by atoms with Gasteiger partial charge in [0.1, 0.15) is 11.4 Å². The fourth-order valence-electron chi connectivity index (χ4n) is 2.18. The summed E-state index contributed by atoms with van der Waals surface area (Å²) in [6.45, 7) is 2.81. The molecule has 1 unspecified atom stereocenters. The van der Waals surface area contributed by atoms with Crippen LogP contribution in [0.4, 0.5) is 10.6 Å². The third-order valence-corrected chi connectivity index (χ3v) is 3.16. The first-order valence-corrected chi connectivity index (χ1v) is 5.82. The highest BCUT2D eigenvalue weighted by atomic mass is 16.6. The zero-order valence-corrected chi connectivity index (χ0v) is 10.1. The molecule has 0 saturated carbocycles. The molecule has 1 atom stereocenters. The van der Waals surface area contributed by atoms with E-state index >= 15 is 0 Å². The lowest BCUT2D eigenvalue weighted by molar-refractivity contribution is 0.00115. The SMILES string of the molecule is CCC1(CCNC)OC(=O)Nc2ncccc21. The van der Waals surface area contributed by atoms with Crippen molar-refractivity contribution in [3.05, 3.63) is 23.9 Å². The summed E-state index contributed by atoms with van der Waals surface area (Å²) >= 11 is 0. The lowest BCUT2D eigenvalue weighted by Crippen LogP contribution is -2.41. The number of ether oxygens (including phenoxy) is 1.